The van der Waals surface area contributed by atoms with Crippen LogP contribution in [0.25, 0.3) is 0 Å². The number of rotatable bonds is 8. The van der Waals surface area contributed by atoms with Gasteiger partial charge in [-0.25, -0.2) is 18.8 Å². The zero-order valence-electron chi connectivity index (χ0n) is 15.5. The Labute approximate surface area is 175 Å². The van der Waals surface area contributed by atoms with Gasteiger partial charge in [0.05, 0.1) is 13.2 Å². The first kappa shape index (κ1) is 23.1. The van der Waals surface area contributed by atoms with Crippen molar-refractivity contribution < 1.29 is 13.5 Å². The Bertz CT molecular complexity index is 726. The minimum atomic E-state index is -0.471. The standard InChI is InChI=1S/C19H24F2N4O.HI/c1-3-9-26-18-8-5-14(11-23-18)12-24-19(22-4-2)25-13-15-10-16(20)6-7-17(15)21;/h5-8,10-11H,3-4,9,12-13H2,1-2H3,(H2,22,24,25);1H. The van der Waals surface area contributed by atoms with Gasteiger partial charge < -0.3 is 15.4 Å². The zero-order chi connectivity index (χ0) is 18.8. The average Bonchev–Trinajstić information content (AvgIpc) is 2.65. The van der Waals surface area contributed by atoms with E-state index in [4.69, 9.17) is 4.74 Å². The largest absolute Gasteiger partial charge is 0.478 e. The van der Waals surface area contributed by atoms with Crippen LogP contribution in [0.2, 0.25) is 0 Å². The van der Waals surface area contributed by atoms with E-state index in [1.54, 1.807) is 6.20 Å². The van der Waals surface area contributed by atoms with Gasteiger partial charge in [0.1, 0.15) is 11.6 Å². The SMILES string of the molecule is CCCOc1ccc(CN=C(NCC)NCc2cc(F)ccc2F)cn1.I. The third kappa shape index (κ3) is 8.06. The highest BCUT2D eigenvalue weighted by molar-refractivity contribution is 14.0. The predicted octanol–water partition coefficient (Wildman–Crippen LogP) is 4.02. The van der Waals surface area contributed by atoms with Crippen LogP contribution in [0.5, 0.6) is 5.88 Å². The lowest BCUT2D eigenvalue weighted by molar-refractivity contribution is 0.305. The fraction of sp³-hybridized carbons (Fsp3) is 0.368. The number of hydrogen-bond donors (Lipinski definition) is 2. The van der Waals surface area contributed by atoms with Crippen molar-refractivity contribution in [3.8, 4) is 5.88 Å². The molecule has 0 saturated carbocycles. The van der Waals surface area contributed by atoms with Crippen molar-refractivity contribution in [1.29, 1.82) is 0 Å². The smallest absolute Gasteiger partial charge is 0.213 e. The molecule has 5 nitrogen and oxygen atoms in total. The van der Waals surface area contributed by atoms with Crippen LogP contribution in [0.4, 0.5) is 8.78 Å². The van der Waals surface area contributed by atoms with E-state index in [0.717, 1.165) is 24.1 Å². The number of ether oxygens (including phenoxy) is 1. The molecule has 1 heterocycles. The van der Waals surface area contributed by atoms with Gasteiger partial charge in [-0.1, -0.05) is 13.0 Å². The maximum atomic E-state index is 13.7. The van der Waals surface area contributed by atoms with Crippen molar-refractivity contribution in [2.45, 2.75) is 33.4 Å². The summed E-state index contributed by atoms with van der Waals surface area (Å²) in [6.45, 7) is 5.80. The van der Waals surface area contributed by atoms with Crippen molar-refractivity contribution in [3.63, 3.8) is 0 Å². The summed E-state index contributed by atoms with van der Waals surface area (Å²) in [4.78, 5) is 8.67. The molecular formula is C19H25F2IN4O. The van der Waals surface area contributed by atoms with Crippen LogP contribution in [-0.2, 0) is 13.1 Å². The lowest BCUT2D eigenvalue weighted by Gasteiger charge is -2.12. The molecule has 0 aliphatic carbocycles. The van der Waals surface area contributed by atoms with E-state index in [-0.39, 0.29) is 36.1 Å². The van der Waals surface area contributed by atoms with E-state index in [0.29, 0.717) is 31.5 Å². The third-order valence-corrected chi connectivity index (χ3v) is 3.47. The van der Waals surface area contributed by atoms with Crippen LogP contribution >= 0.6 is 24.0 Å². The molecule has 0 bridgehead atoms. The lowest BCUT2D eigenvalue weighted by Crippen LogP contribution is -2.37. The highest BCUT2D eigenvalue weighted by Crippen LogP contribution is 2.10. The highest BCUT2D eigenvalue weighted by atomic mass is 127. The van der Waals surface area contributed by atoms with E-state index < -0.39 is 11.6 Å². The number of aliphatic imine (C=N–C) groups is 1. The second kappa shape index (κ2) is 12.4. The summed E-state index contributed by atoms with van der Waals surface area (Å²) in [6.07, 6.45) is 2.64. The molecule has 2 N–H and O–H groups in total. The lowest BCUT2D eigenvalue weighted by atomic mass is 10.2. The van der Waals surface area contributed by atoms with Gasteiger partial charge in [-0.3, -0.25) is 0 Å². The first-order valence-corrected chi connectivity index (χ1v) is 8.66. The van der Waals surface area contributed by atoms with Crippen LogP contribution in [-0.4, -0.2) is 24.1 Å². The molecule has 0 saturated heterocycles. The molecule has 0 fully saturated rings. The maximum absolute atomic E-state index is 13.7. The Kier molecular flexibility index (Phi) is 10.6. The monoisotopic (exact) mass is 490 g/mol. The average molecular weight is 490 g/mol. The van der Waals surface area contributed by atoms with E-state index in [2.05, 4.69) is 20.6 Å². The van der Waals surface area contributed by atoms with Gasteiger partial charge >= 0.3 is 0 Å². The Morgan fingerprint density at radius 2 is 1.96 bits per heavy atom. The van der Waals surface area contributed by atoms with E-state index in [1.807, 2.05) is 26.0 Å². The molecule has 0 radical (unpaired) electrons. The number of benzene rings is 1. The zero-order valence-corrected chi connectivity index (χ0v) is 17.8. The molecule has 0 spiro atoms. The summed E-state index contributed by atoms with van der Waals surface area (Å²) < 4.78 is 32.4. The van der Waals surface area contributed by atoms with Crippen molar-refractivity contribution in [3.05, 3.63) is 59.3 Å². The minimum absolute atomic E-state index is 0. The Morgan fingerprint density at radius 1 is 1.15 bits per heavy atom. The van der Waals surface area contributed by atoms with E-state index >= 15 is 0 Å². The summed E-state index contributed by atoms with van der Waals surface area (Å²) in [5.74, 6) is 0.178. The van der Waals surface area contributed by atoms with Crippen LogP contribution in [0.3, 0.4) is 0 Å². The number of pyridine rings is 1. The normalized spacial score (nSPS) is 10.9. The van der Waals surface area contributed by atoms with Crippen LogP contribution < -0.4 is 15.4 Å². The summed E-state index contributed by atoms with van der Waals surface area (Å²) in [5, 5.41) is 6.08. The highest BCUT2D eigenvalue weighted by Gasteiger charge is 2.05. The molecule has 2 aromatic rings. The molecule has 148 valence electrons. The predicted molar refractivity (Wildman–Crippen MR) is 113 cm³/mol. The van der Waals surface area contributed by atoms with Gasteiger partial charge in [0.15, 0.2) is 5.96 Å². The Balaban J connectivity index is 0.00000364. The summed E-state index contributed by atoms with van der Waals surface area (Å²) in [6, 6.07) is 7.09. The van der Waals surface area contributed by atoms with Gasteiger partial charge in [-0.15, -0.1) is 24.0 Å². The Hall–Kier alpha value is -1.97. The quantitative estimate of drug-likeness (QED) is 0.334. The fourth-order valence-corrected chi connectivity index (χ4v) is 2.17. The summed E-state index contributed by atoms with van der Waals surface area (Å²) >= 11 is 0. The number of nitrogens with zero attached hydrogens (tertiary/aromatic N) is 2. The van der Waals surface area contributed by atoms with Crippen molar-refractivity contribution in [2.75, 3.05) is 13.2 Å². The summed E-state index contributed by atoms with van der Waals surface area (Å²) in [5.41, 5.74) is 1.16. The van der Waals surface area contributed by atoms with Gasteiger partial charge in [0.2, 0.25) is 5.88 Å². The minimum Gasteiger partial charge on any atom is -0.478 e. The van der Waals surface area contributed by atoms with Crippen molar-refractivity contribution in [1.82, 2.24) is 15.6 Å². The molecule has 0 unspecified atom stereocenters. The van der Waals surface area contributed by atoms with Gasteiger partial charge in [0.25, 0.3) is 0 Å². The second-order valence-corrected chi connectivity index (χ2v) is 5.64. The van der Waals surface area contributed by atoms with Crippen LogP contribution in [0.1, 0.15) is 31.4 Å². The van der Waals surface area contributed by atoms with Crippen LogP contribution in [0.15, 0.2) is 41.5 Å². The molecular weight excluding hydrogens is 465 g/mol. The molecule has 0 aliphatic heterocycles. The number of nitrogens with one attached hydrogen (secondary N) is 2. The topological polar surface area (TPSA) is 58.5 Å². The van der Waals surface area contributed by atoms with Crippen LogP contribution in [0, 0.1) is 11.6 Å². The molecule has 8 heteroatoms. The molecule has 0 amide bonds. The summed E-state index contributed by atoms with van der Waals surface area (Å²) in [7, 11) is 0. The van der Waals surface area contributed by atoms with Crippen molar-refractivity contribution in [2.24, 2.45) is 4.99 Å². The fourth-order valence-electron chi connectivity index (χ4n) is 2.17. The number of hydrogen-bond acceptors (Lipinski definition) is 3. The molecule has 27 heavy (non-hydrogen) atoms. The van der Waals surface area contributed by atoms with E-state index in [1.165, 1.54) is 6.07 Å². The molecule has 0 atom stereocenters. The number of halogens is 3. The van der Waals surface area contributed by atoms with Gasteiger partial charge in [-0.2, -0.15) is 0 Å². The number of aromatic nitrogens is 1. The maximum Gasteiger partial charge on any atom is 0.213 e. The molecule has 2 rings (SSSR count). The van der Waals surface area contributed by atoms with Crippen molar-refractivity contribution >= 4 is 29.9 Å². The first-order chi connectivity index (χ1) is 12.6. The molecule has 1 aromatic carbocycles. The second-order valence-electron chi connectivity index (χ2n) is 5.64. The third-order valence-electron chi connectivity index (χ3n) is 3.47. The van der Waals surface area contributed by atoms with E-state index in [9.17, 15) is 8.78 Å². The molecule has 0 aliphatic rings. The molecule has 1 aromatic heterocycles. The first-order valence-electron chi connectivity index (χ1n) is 8.66. The van der Waals surface area contributed by atoms with Gasteiger partial charge in [0, 0.05) is 30.9 Å². The Morgan fingerprint density at radius 3 is 2.63 bits per heavy atom. The number of guanidine groups is 1. The van der Waals surface area contributed by atoms with Gasteiger partial charge in [-0.05, 0) is 37.1 Å².